The molecule has 1 rings (SSSR count). The van der Waals surface area contributed by atoms with E-state index in [2.05, 4.69) is 34.1 Å². The Balaban J connectivity index is 2.59. The van der Waals surface area contributed by atoms with Gasteiger partial charge in [0.05, 0.1) is 6.10 Å². The highest BCUT2D eigenvalue weighted by atomic mass is 127. The molecule has 0 amide bonds. The molecule has 1 aliphatic rings. The van der Waals surface area contributed by atoms with Crippen LogP contribution in [-0.2, 0) is 8.53 Å². The Bertz CT molecular complexity index is 169. The molecule has 0 aromatic rings. The van der Waals surface area contributed by atoms with Crippen LogP contribution in [0.4, 0.5) is 0 Å². The predicted octanol–water partition coefficient (Wildman–Crippen LogP) is 1.08. The summed E-state index contributed by atoms with van der Waals surface area (Å²) in [6.07, 6.45) is -0.668. The van der Waals surface area contributed by atoms with E-state index in [-0.39, 0.29) is 18.3 Å². The molecule has 0 bridgehead atoms. The summed E-state index contributed by atoms with van der Waals surface area (Å²) in [4.78, 5) is 0. The predicted molar refractivity (Wildman–Crippen MR) is 60.9 cm³/mol. The van der Waals surface area contributed by atoms with Gasteiger partial charge in [-0.2, -0.15) is 20.3 Å². The molecular formula is C8H16AlIO3. The minimum atomic E-state index is -0.540. The molecule has 1 heterocycles. The van der Waals surface area contributed by atoms with Crippen molar-refractivity contribution in [1.82, 2.24) is 0 Å². The van der Waals surface area contributed by atoms with E-state index < -0.39 is 18.4 Å². The van der Waals surface area contributed by atoms with Crippen molar-refractivity contribution < 1.29 is 13.6 Å². The first-order valence-electron chi connectivity index (χ1n) is 4.59. The van der Waals surface area contributed by atoms with E-state index >= 15 is 0 Å². The van der Waals surface area contributed by atoms with E-state index in [1.54, 1.807) is 0 Å². The number of hydrogen-bond acceptors (Lipinski definition) is 3. The van der Waals surface area contributed by atoms with Gasteiger partial charge >= 0.3 is 12.3 Å². The highest BCUT2D eigenvalue weighted by Gasteiger charge is 2.38. The summed E-state index contributed by atoms with van der Waals surface area (Å²) in [5, 5.41) is 9.83. The van der Waals surface area contributed by atoms with Gasteiger partial charge in [-0.3, -0.25) is 0 Å². The fraction of sp³-hybridized carbons (Fsp3) is 1.00. The van der Waals surface area contributed by atoms with Crippen molar-refractivity contribution in [3.8, 4) is 0 Å². The van der Waals surface area contributed by atoms with Crippen LogP contribution in [0.2, 0.25) is 0 Å². The van der Waals surface area contributed by atoms with Crippen LogP contribution in [0.15, 0.2) is 0 Å². The monoisotopic (exact) mass is 314 g/mol. The SMILES string of the molecule is CC1O[C@@H]([O][AlH][I])C(O)[C@@H](C)[C@H]1C. The summed E-state index contributed by atoms with van der Waals surface area (Å²) in [5.74, 6) is 0.649. The Morgan fingerprint density at radius 3 is 2.46 bits per heavy atom. The van der Waals surface area contributed by atoms with Crippen molar-refractivity contribution in [3.05, 3.63) is 0 Å². The van der Waals surface area contributed by atoms with Gasteiger partial charge in [-0.05, 0) is 18.8 Å². The molecule has 13 heavy (non-hydrogen) atoms. The molecule has 5 heteroatoms. The lowest BCUT2D eigenvalue weighted by molar-refractivity contribution is -0.232. The summed E-state index contributed by atoms with van der Waals surface area (Å²) >= 11 is 1.70. The van der Waals surface area contributed by atoms with Crippen LogP contribution < -0.4 is 0 Å². The average Bonchev–Trinajstić information content (AvgIpc) is 2.11. The lowest BCUT2D eigenvalue weighted by Gasteiger charge is -2.41. The molecule has 0 aromatic heterocycles. The molecule has 0 aliphatic carbocycles. The maximum Gasteiger partial charge on any atom is 0.527 e. The van der Waals surface area contributed by atoms with Crippen molar-refractivity contribution in [3.63, 3.8) is 0 Å². The molecule has 0 aromatic carbocycles. The third-order valence-corrected chi connectivity index (χ3v) is 4.50. The molecule has 0 spiro atoms. The van der Waals surface area contributed by atoms with Crippen LogP contribution in [0.25, 0.3) is 0 Å². The van der Waals surface area contributed by atoms with Gasteiger partial charge in [0.15, 0.2) is 6.29 Å². The fourth-order valence-electron chi connectivity index (χ4n) is 1.60. The van der Waals surface area contributed by atoms with E-state index in [9.17, 15) is 5.11 Å². The third kappa shape index (κ3) is 2.80. The number of hydrogen-bond donors (Lipinski definition) is 1. The Kier molecular flexibility index (Phi) is 4.97. The number of aliphatic hydroxyl groups excluding tert-OH is 1. The van der Waals surface area contributed by atoms with Gasteiger partial charge in [-0.1, -0.05) is 13.8 Å². The quantitative estimate of drug-likeness (QED) is 0.612. The Morgan fingerprint density at radius 2 is 1.92 bits per heavy atom. The minimum Gasteiger partial charge on any atom is -0.471 e. The summed E-state index contributed by atoms with van der Waals surface area (Å²) in [6, 6.07) is 0. The Morgan fingerprint density at radius 1 is 1.31 bits per heavy atom. The van der Waals surface area contributed by atoms with Crippen molar-refractivity contribution in [2.24, 2.45) is 11.8 Å². The Labute approximate surface area is 96.9 Å². The van der Waals surface area contributed by atoms with Crippen molar-refractivity contribution in [1.29, 1.82) is 0 Å². The molecule has 3 nitrogen and oxygen atoms in total. The molecule has 5 atom stereocenters. The summed E-state index contributed by atoms with van der Waals surface area (Å²) < 4.78 is 11.0. The summed E-state index contributed by atoms with van der Waals surface area (Å²) in [5.41, 5.74) is 0. The first-order chi connectivity index (χ1) is 6.07. The normalized spacial score (nSPS) is 46.1. The third-order valence-electron chi connectivity index (χ3n) is 2.96. The van der Waals surface area contributed by atoms with E-state index in [0.717, 1.165) is 0 Å². The second kappa shape index (κ2) is 5.29. The zero-order chi connectivity index (χ0) is 10.0. The summed E-state index contributed by atoms with van der Waals surface area (Å²) in [6.45, 7) is 6.20. The van der Waals surface area contributed by atoms with Gasteiger partial charge in [-0.25, -0.2) is 0 Å². The lowest BCUT2D eigenvalue weighted by atomic mass is 9.84. The lowest BCUT2D eigenvalue weighted by Crippen LogP contribution is -2.49. The van der Waals surface area contributed by atoms with E-state index in [1.807, 2.05) is 6.92 Å². The molecule has 2 unspecified atom stereocenters. The molecule has 1 N–H and O–H groups in total. The second-order valence-electron chi connectivity index (χ2n) is 3.69. The molecule has 1 aliphatic heterocycles. The van der Waals surface area contributed by atoms with Crippen LogP contribution in [0, 0.1) is 11.8 Å². The smallest absolute Gasteiger partial charge is 0.471 e. The molecular weight excluding hydrogens is 298 g/mol. The molecule has 1 saturated heterocycles. The number of ether oxygens (including phenoxy) is 1. The van der Waals surface area contributed by atoms with Crippen molar-refractivity contribution in [2.75, 3.05) is 0 Å². The zero-order valence-corrected chi connectivity index (χ0v) is 11.8. The molecule has 0 saturated carbocycles. The second-order valence-corrected chi connectivity index (χ2v) is 6.11. The van der Waals surface area contributed by atoms with E-state index in [4.69, 9.17) is 8.53 Å². The van der Waals surface area contributed by atoms with Crippen LogP contribution >= 0.6 is 20.3 Å². The minimum absolute atomic E-state index is 0.181. The maximum atomic E-state index is 9.83. The van der Waals surface area contributed by atoms with Gasteiger partial charge in [0.1, 0.15) is 6.10 Å². The number of halogens is 1. The van der Waals surface area contributed by atoms with Gasteiger partial charge in [0.2, 0.25) is 0 Å². The van der Waals surface area contributed by atoms with Gasteiger partial charge < -0.3 is 13.6 Å². The largest absolute Gasteiger partial charge is 0.527 e. The maximum absolute atomic E-state index is 9.83. The van der Waals surface area contributed by atoms with Crippen LogP contribution in [-0.4, -0.2) is 35.9 Å². The number of aliphatic hydroxyl groups is 1. The van der Waals surface area contributed by atoms with Gasteiger partial charge in [0.25, 0.3) is 0 Å². The first-order valence-corrected chi connectivity index (χ1v) is 10.3. The van der Waals surface area contributed by atoms with Gasteiger partial charge in [0, 0.05) is 0 Å². The van der Waals surface area contributed by atoms with Gasteiger partial charge in [-0.15, -0.1) is 0 Å². The Hall–Kier alpha value is 1.14. The van der Waals surface area contributed by atoms with Crippen LogP contribution in [0.5, 0.6) is 0 Å². The molecule has 0 radical (unpaired) electrons. The number of rotatable bonds is 2. The summed E-state index contributed by atoms with van der Waals surface area (Å²) in [7, 11) is 0. The topological polar surface area (TPSA) is 38.7 Å². The van der Waals surface area contributed by atoms with E-state index in [1.165, 1.54) is 0 Å². The first kappa shape index (κ1) is 12.2. The zero-order valence-electron chi connectivity index (χ0n) is 8.24. The van der Waals surface area contributed by atoms with E-state index in [0.29, 0.717) is 5.92 Å². The molecule has 76 valence electrons. The highest BCUT2D eigenvalue weighted by molar-refractivity contribution is 14.1. The average molecular weight is 314 g/mol. The molecule has 1 fully saturated rings. The highest BCUT2D eigenvalue weighted by Crippen LogP contribution is 2.30. The standard InChI is InChI=1S/C8H15O3.Al.HI.H/c1-4-5(2)7(9)8(10)11-6(4)3;;;/h4-9H,1-3H3;;1H;/q-1;+2;;/p-1/t4-,5+,6?,7?,8-;;;/m1.../s1. The van der Waals surface area contributed by atoms with Crippen molar-refractivity contribution >= 4 is 32.5 Å². The van der Waals surface area contributed by atoms with Crippen LogP contribution in [0.3, 0.4) is 0 Å². The van der Waals surface area contributed by atoms with Crippen molar-refractivity contribution in [2.45, 2.75) is 39.3 Å². The van der Waals surface area contributed by atoms with Crippen LogP contribution in [0.1, 0.15) is 20.8 Å². The fourth-order valence-corrected chi connectivity index (χ4v) is 3.07.